The number of carboxylic acids is 2. The van der Waals surface area contributed by atoms with Crippen LogP contribution in [0.3, 0.4) is 0 Å². The number of benzene rings is 2. The Morgan fingerprint density at radius 2 is 0.931 bits per heavy atom. The Morgan fingerprint density at radius 1 is 0.724 bits per heavy atom. The van der Waals surface area contributed by atoms with E-state index in [9.17, 15) is 10.4 Å². The molecule has 2 aromatic carbocycles. The number of carbonyl (C=O) groups is 2. The third-order valence-corrected chi connectivity index (χ3v) is 3.72. The fraction of sp³-hybridized carbons (Fsp3) is 0.111. The molecule has 8 nitrogen and oxygen atoms in total. The molecule has 0 saturated heterocycles. The first kappa shape index (κ1) is 29.0. The molecular formula is C18H16Br2CoN2O6. The van der Waals surface area contributed by atoms with E-state index in [0.29, 0.717) is 11.1 Å². The van der Waals surface area contributed by atoms with Crippen LogP contribution in [-0.4, -0.2) is 33.8 Å². The summed E-state index contributed by atoms with van der Waals surface area (Å²) in [6.07, 6.45) is 0. The molecule has 0 aliphatic rings. The molecule has 0 aromatic heterocycles. The first-order chi connectivity index (χ1) is 13.1. The average molecular weight is 575 g/mol. The number of nitrogens with zero attached hydrogens (tertiary/aromatic N) is 2. The Balaban J connectivity index is 0. The van der Waals surface area contributed by atoms with Crippen molar-refractivity contribution in [3.63, 3.8) is 0 Å². The van der Waals surface area contributed by atoms with E-state index in [2.05, 4.69) is 42.2 Å². The van der Waals surface area contributed by atoms with Crippen molar-refractivity contribution < 1.29 is 47.0 Å². The quantitative estimate of drug-likeness (QED) is 0.325. The number of hydrogen-bond donors (Lipinski definition) is 2. The van der Waals surface area contributed by atoms with Gasteiger partial charge in [0.05, 0.1) is 0 Å². The zero-order chi connectivity index (χ0) is 21.7. The molecule has 0 saturated carbocycles. The van der Waals surface area contributed by atoms with Crippen LogP contribution in [0.15, 0.2) is 67.8 Å². The van der Waals surface area contributed by atoms with Gasteiger partial charge < -0.3 is 30.2 Å². The van der Waals surface area contributed by atoms with Gasteiger partial charge in [-0.2, -0.15) is 0 Å². The molecular weight excluding hydrogens is 559 g/mol. The number of aliphatic carboxylic acids is 2. The van der Waals surface area contributed by atoms with Crippen molar-refractivity contribution in [3.05, 3.63) is 68.6 Å². The molecule has 0 atom stereocenters. The molecule has 1 radical (unpaired) electrons. The molecule has 0 aliphatic heterocycles. The third kappa shape index (κ3) is 12.8. The van der Waals surface area contributed by atoms with Crippen molar-refractivity contribution in [2.75, 3.05) is 0 Å². The Labute approximate surface area is 194 Å². The predicted molar refractivity (Wildman–Crippen MR) is 106 cm³/mol. The largest absolute Gasteiger partial charge is 2.00 e. The van der Waals surface area contributed by atoms with E-state index in [1.54, 1.807) is 24.3 Å². The van der Waals surface area contributed by atoms with Crippen molar-refractivity contribution in [2.24, 2.45) is 10.3 Å². The van der Waals surface area contributed by atoms with Crippen molar-refractivity contribution in [1.29, 1.82) is 0 Å². The number of rotatable bonds is 3. The van der Waals surface area contributed by atoms with E-state index in [-0.39, 0.29) is 28.2 Å². The summed E-state index contributed by atoms with van der Waals surface area (Å²) in [5, 5.41) is 42.8. The summed E-state index contributed by atoms with van der Waals surface area (Å²) in [6.45, 7) is 1.94. The molecule has 0 amide bonds. The summed E-state index contributed by atoms with van der Waals surface area (Å²) in [5.74, 6) is -2.17. The van der Waals surface area contributed by atoms with Crippen molar-refractivity contribution >= 4 is 55.2 Å². The monoisotopic (exact) mass is 573 g/mol. The number of hydrogen-bond acceptors (Lipinski definition) is 8. The molecule has 0 heterocycles. The van der Waals surface area contributed by atoms with Crippen LogP contribution >= 0.6 is 31.9 Å². The molecule has 0 fully saturated rings. The second-order valence-corrected chi connectivity index (χ2v) is 6.73. The maximum Gasteiger partial charge on any atom is 2.00 e. The number of carboxylic acid groups (broad SMARTS) is 2. The van der Waals surface area contributed by atoms with E-state index < -0.39 is 11.9 Å². The fourth-order valence-corrected chi connectivity index (χ4v) is 2.23. The zero-order valence-corrected chi connectivity index (χ0v) is 19.3. The first-order valence-corrected chi connectivity index (χ1v) is 9.02. The smallest absolute Gasteiger partial charge is 0.550 e. The molecule has 2 aromatic rings. The van der Waals surface area contributed by atoms with Crippen LogP contribution in [0.1, 0.15) is 25.0 Å². The van der Waals surface area contributed by atoms with Crippen LogP contribution in [0, 0.1) is 0 Å². The van der Waals surface area contributed by atoms with Gasteiger partial charge in [-0.15, -0.1) is 0 Å². The summed E-state index contributed by atoms with van der Waals surface area (Å²) in [7, 11) is 0. The maximum absolute atomic E-state index is 9.24. The van der Waals surface area contributed by atoms with E-state index in [1.807, 2.05) is 24.3 Å². The number of oxime groups is 2. The molecule has 2 N–H and O–H groups in total. The van der Waals surface area contributed by atoms with Crippen LogP contribution < -0.4 is 10.2 Å². The summed E-state index contributed by atoms with van der Waals surface area (Å²) in [5.41, 5.74) is 1.68. The van der Waals surface area contributed by atoms with Gasteiger partial charge in [-0.3, -0.25) is 0 Å². The Morgan fingerprint density at radius 3 is 1.10 bits per heavy atom. The van der Waals surface area contributed by atoms with Gasteiger partial charge in [-0.1, -0.05) is 66.4 Å². The zero-order valence-electron chi connectivity index (χ0n) is 15.1. The van der Waals surface area contributed by atoms with E-state index in [4.69, 9.17) is 19.8 Å². The molecule has 2 rings (SSSR count). The minimum Gasteiger partial charge on any atom is -0.550 e. The topological polar surface area (TPSA) is 145 Å². The van der Waals surface area contributed by atoms with Gasteiger partial charge in [0.1, 0.15) is 11.4 Å². The standard InChI is InChI=1S/C14H10Br2N2O2.2C2H4O2.Co/c15-11-5-1-9(2-6-11)13(17-19)14(18-20)10-3-7-12(16)8-4-10;2*1-2(3)4;/h1-8,19-20H;2*1H3,(H,3,4);/q;;;+2/p-2. The predicted octanol–water partition coefficient (Wildman–Crippen LogP) is 1.78. The summed E-state index contributed by atoms with van der Waals surface area (Å²) in [6, 6.07) is 14.3. The average Bonchev–Trinajstić information content (AvgIpc) is 2.61. The second kappa shape index (κ2) is 15.7. The van der Waals surface area contributed by atoms with Crippen LogP contribution in [0.5, 0.6) is 0 Å². The van der Waals surface area contributed by atoms with Gasteiger partial charge in [0.25, 0.3) is 0 Å². The molecule has 29 heavy (non-hydrogen) atoms. The third-order valence-electron chi connectivity index (χ3n) is 2.66. The van der Waals surface area contributed by atoms with E-state index in [0.717, 1.165) is 22.8 Å². The molecule has 0 bridgehead atoms. The first-order valence-electron chi connectivity index (χ1n) is 7.43. The van der Waals surface area contributed by atoms with Crippen LogP contribution in [-0.2, 0) is 26.4 Å². The van der Waals surface area contributed by atoms with Crippen LogP contribution in [0.25, 0.3) is 0 Å². The van der Waals surface area contributed by atoms with Gasteiger partial charge >= 0.3 is 16.8 Å². The van der Waals surface area contributed by atoms with Crippen molar-refractivity contribution in [1.82, 2.24) is 0 Å². The second-order valence-electron chi connectivity index (χ2n) is 4.89. The van der Waals surface area contributed by atoms with Gasteiger partial charge in [0.15, 0.2) is 0 Å². The van der Waals surface area contributed by atoms with Gasteiger partial charge in [0.2, 0.25) is 0 Å². The van der Waals surface area contributed by atoms with Gasteiger partial charge in [-0.05, 0) is 38.1 Å². The maximum atomic E-state index is 9.24. The minimum absolute atomic E-state index is 0. The molecule has 0 spiro atoms. The van der Waals surface area contributed by atoms with E-state index in [1.165, 1.54) is 0 Å². The molecule has 0 unspecified atom stereocenters. The molecule has 0 aliphatic carbocycles. The number of carbonyl (C=O) groups excluding carboxylic acids is 2. The van der Waals surface area contributed by atoms with Gasteiger partial charge in [0, 0.05) is 32.0 Å². The number of halogens is 2. The van der Waals surface area contributed by atoms with Gasteiger partial charge in [-0.25, -0.2) is 0 Å². The molecule has 157 valence electrons. The Kier molecular flexibility index (Phi) is 15.7. The van der Waals surface area contributed by atoms with Crippen LogP contribution in [0.2, 0.25) is 0 Å². The van der Waals surface area contributed by atoms with Crippen LogP contribution in [0.4, 0.5) is 0 Å². The normalized spacial score (nSPS) is 10.3. The summed E-state index contributed by atoms with van der Waals surface area (Å²) >= 11 is 6.67. The van der Waals surface area contributed by atoms with Crippen molar-refractivity contribution in [2.45, 2.75) is 13.8 Å². The molecule has 11 heteroatoms. The SMILES string of the molecule is CC(=O)[O-].CC(=O)[O-].ON=C(C(=NO)c1ccc(Br)cc1)c1ccc(Br)cc1.[Co+2]. The minimum atomic E-state index is -1.08. The summed E-state index contributed by atoms with van der Waals surface area (Å²) in [4.78, 5) is 17.8. The summed E-state index contributed by atoms with van der Waals surface area (Å²) < 4.78 is 1.81. The Hall–Kier alpha value is -2.21. The van der Waals surface area contributed by atoms with Crippen molar-refractivity contribution in [3.8, 4) is 0 Å². The fourth-order valence-electron chi connectivity index (χ4n) is 1.70. The Bertz CT molecular complexity index is 761. The van der Waals surface area contributed by atoms with E-state index >= 15 is 0 Å².